The van der Waals surface area contributed by atoms with Gasteiger partial charge < -0.3 is 15.4 Å². The predicted octanol–water partition coefficient (Wildman–Crippen LogP) is 2.46. The number of hydrogen-bond acceptors (Lipinski definition) is 4. The fourth-order valence-electron chi connectivity index (χ4n) is 3.07. The zero-order chi connectivity index (χ0) is 15.5. The lowest BCUT2D eigenvalue weighted by atomic mass is 10.1. The molecule has 0 spiro atoms. The van der Waals surface area contributed by atoms with Crippen molar-refractivity contribution >= 4 is 29.3 Å². The quantitative estimate of drug-likeness (QED) is 0.918. The number of carbonyl (C=O) groups is 1. The molecule has 0 bridgehead atoms. The fourth-order valence-corrected chi connectivity index (χ4v) is 4.29. The van der Waals surface area contributed by atoms with Crippen molar-refractivity contribution in [3.8, 4) is 0 Å². The van der Waals surface area contributed by atoms with Crippen molar-refractivity contribution in [1.29, 1.82) is 0 Å². The van der Waals surface area contributed by atoms with Crippen LogP contribution in [-0.2, 0) is 9.53 Å². The van der Waals surface area contributed by atoms with E-state index in [-0.39, 0.29) is 24.2 Å². The van der Waals surface area contributed by atoms with Gasteiger partial charge in [0, 0.05) is 29.6 Å². The Labute approximate surface area is 140 Å². The Bertz CT molecular complexity index is 525. The van der Waals surface area contributed by atoms with Crippen LogP contribution in [0.5, 0.6) is 0 Å². The van der Waals surface area contributed by atoms with Crippen LogP contribution in [0.3, 0.4) is 0 Å². The van der Waals surface area contributed by atoms with Crippen molar-refractivity contribution in [2.24, 2.45) is 5.73 Å². The molecule has 2 fully saturated rings. The first-order valence-corrected chi connectivity index (χ1v) is 9.21. The van der Waals surface area contributed by atoms with Gasteiger partial charge >= 0.3 is 0 Å². The summed E-state index contributed by atoms with van der Waals surface area (Å²) in [6, 6.07) is 7.89. The van der Waals surface area contributed by atoms with Crippen LogP contribution in [0.1, 0.15) is 24.4 Å². The topological polar surface area (TPSA) is 55.6 Å². The van der Waals surface area contributed by atoms with Crippen LogP contribution >= 0.6 is 23.4 Å². The number of carbonyl (C=O) groups excluding carboxylic acids is 1. The SMILES string of the molecule is NC[C@H]1CC[C@@H](C(=O)N2CCSCC2c2ccc(Cl)cc2)O1. The zero-order valence-electron chi connectivity index (χ0n) is 12.4. The van der Waals surface area contributed by atoms with E-state index in [9.17, 15) is 4.79 Å². The number of amides is 1. The Morgan fingerprint density at radius 2 is 2.14 bits per heavy atom. The minimum Gasteiger partial charge on any atom is -0.364 e. The summed E-state index contributed by atoms with van der Waals surface area (Å²) in [7, 11) is 0. The molecule has 3 atom stereocenters. The molecule has 1 unspecified atom stereocenters. The highest BCUT2D eigenvalue weighted by atomic mass is 35.5. The van der Waals surface area contributed by atoms with E-state index in [0.29, 0.717) is 6.54 Å². The number of rotatable bonds is 3. The van der Waals surface area contributed by atoms with Crippen LogP contribution < -0.4 is 5.73 Å². The van der Waals surface area contributed by atoms with Gasteiger partial charge in [0.15, 0.2) is 0 Å². The average Bonchev–Trinajstić information content (AvgIpc) is 3.04. The largest absolute Gasteiger partial charge is 0.364 e. The molecule has 0 saturated carbocycles. The lowest BCUT2D eigenvalue weighted by molar-refractivity contribution is -0.144. The van der Waals surface area contributed by atoms with Gasteiger partial charge in [-0.3, -0.25) is 4.79 Å². The average molecular weight is 341 g/mol. The van der Waals surface area contributed by atoms with Crippen molar-refractivity contribution in [3.05, 3.63) is 34.9 Å². The summed E-state index contributed by atoms with van der Waals surface area (Å²) in [6.45, 7) is 1.25. The van der Waals surface area contributed by atoms with E-state index < -0.39 is 0 Å². The fraction of sp³-hybridized carbons (Fsp3) is 0.562. The van der Waals surface area contributed by atoms with Crippen LogP contribution in [0.2, 0.25) is 5.02 Å². The standard InChI is InChI=1S/C16H21ClN2O2S/c17-12-3-1-11(2-4-12)14-10-22-8-7-19(14)16(20)15-6-5-13(9-18)21-15/h1-4,13-15H,5-10,18H2/t13-,14?,15+/m1/s1. The number of hydrogen-bond donors (Lipinski definition) is 1. The van der Waals surface area contributed by atoms with Crippen LogP contribution in [0, 0.1) is 0 Å². The van der Waals surface area contributed by atoms with Gasteiger partial charge in [-0.2, -0.15) is 11.8 Å². The van der Waals surface area contributed by atoms with E-state index in [1.54, 1.807) is 0 Å². The molecule has 2 aliphatic rings. The summed E-state index contributed by atoms with van der Waals surface area (Å²) < 4.78 is 5.78. The van der Waals surface area contributed by atoms with Crippen molar-refractivity contribution < 1.29 is 9.53 Å². The molecule has 1 aromatic rings. The summed E-state index contributed by atoms with van der Waals surface area (Å²) in [4.78, 5) is 14.8. The second-order valence-electron chi connectivity index (χ2n) is 5.73. The normalized spacial score (nSPS) is 28.8. The first-order chi connectivity index (χ1) is 10.7. The molecular formula is C16H21ClN2O2S. The van der Waals surface area contributed by atoms with Gasteiger partial charge in [0.1, 0.15) is 6.10 Å². The highest BCUT2D eigenvalue weighted by molar-refractivity contribution is 7.99. The molecule has 2 saturated heterocycles. The van der Waals surface area contributed by atoms with Crippen LogP contribution in [0.25, 0.3) is 0 Å². The lowest BCUT2D eigenvalue weighted by Crippen LogP contribution is -2.46. The van der Waals surface area contributed by atoms with Crippen molar-refractivity contribution in [2.45, 2.75) is 31.1 Å². The minimum atomic E-state index is -0.327. The van der Waals surface area contributed by atoms with E-state index in [0.717, 1.165) is 41.5 Å². The third-order valence-electron chi connectivity index (χ3n) is 4.31. The molecule has 1 aromatic carbocycles. The van der Waals surface area contributed by atoms with E-state index in [1.165, 1.54) is 0 Å². The number of nitrogens with zero attached hydrogens (tertiary/aromatic N) is 1. The lowest BCUT2D eigenvalue weighted by Gasteiger charge is -2.37. The molecular weight excluding hydrogens is 320 g/mol. The summed E-state index contributed by atoms with van der Waals surface area (Å²) in [5, 5.41) is 0.718. The van der Waals surface area contributed by atoms with Gasteiger partial charge in [-0.1, -0.05) is 23.7 Å². The molecule has 0 aliphatic carbocycles. The van der Waals surface area contributed by atoms with Crippen LogP contribution in [-0.4, -0.2) is 47.6 Å². The van der Waals surface area contributed by atoms with Crippen molar-refractivity contribution in [1.82, 2.24) is 4.90 Å². The Morgan fingerprint density at radius 3 is 2.82 bits per heavy atom. The molecule has 4 nitrogen and oxygen atoms in total. The third-order valence-corrected chi connectivity index (χ3v) is 5.59. The number of halogens is 1. The minimum absolute atomic E-state index is 0.0297. The summed E-state index contributed by atoms with van der Waals surface area (Å²) in [6.07, 6.45) is 1.35. The molecule has 2 aliphatic heterocycles. The highest BCUT2D eigenvalue weighted by Crippen LogP contribution is 2.32. The molecule has 22 heavy (non-hydrogen) atoms. The third kappa shape index (κ3) is 3.43. The first-order valence-electron chi connectivity index (χ1n) is 7.68. The Balaban J connectivity index is 1.75. The van der Waals surface area contributed by atoms with Crippen molar-refractivity contribution in [3.63, 3.8) is 0 Å². The molecule has 2 N–H and O–H groups in total. The molecule has 120 valence electrons. The number of nitrogens with two attached hydrogens (primary N) is 1. The maximum Gasteiger partial charge on any atom is 0.252 e. The molecule has 0 aromatic heterocycles. The van der Waals surface area contributed by atoms with E-state index in [4.69, 9.17) is 22.1 Å². The van der Waals surface area contributed by atoms with Gasteiger partial charge in [-0.05, 0) is 30.5 Å². The molecule has 1 amide bonds. The summed E-state index contributed by atoms with van der Waals surface area (Å²) >= 11 is 7.85. The van der Waals surface area contributed by atoms with Gasteiger partial charge in [0.25, 0.3) is 5.91 Å². The van der Waals surface area contributed by atoms with Gasteiger partial charge in [-0.25, -0.2) is 0 Å². The maximum atomic E-state index is 12.8. The van der Waals surface area contributed by atoms with Gasteiger partial charge in [-0.15, -0.1) is 0 Å². The Kier molecular flexibility index (Phi) is 5.29. The molecule has 6 heteroatoms. The Morgan fingerprint density at radius 1 is 1.36 bits per heavy atom. The number of thioether (sulfide) groups is 1. The van der Waals surface area contributed by atoms with Gasteiger partial charge in [0.2, 0.25) is 0 Å². The molecule has 3 rings (SSSR count). The van der Waals surface area contributed by atoms with E-state index in [1.807, 2.05) is 40.9 Å². The monoisotopic (exact) mass is 340 g/mol. The van der Waals surface area contributed by atoms with E-state index >= 15 is 0 Å². The van der Waals surface area contributed by atoms with Crippen molar-refractivity contribution in [2.75, 3.05) is 24.6 Å². The highest BCUT2D eigenvalue weighted by Gasteiger charge is 2.37. The van der Waals surface area contributed by atoms with Crippen LogP contribution in [0.15, 0.2) is 24.3 Å². The Hall–Kier alpha value is -0.750. The molecule has 0 radical (unpaired) electrons. The molecule has 2 heterocycles. The van der Waals surface area contributed by atoms with Crippen LogP contribution in [0.4, 0.5) is 0 Å². The first kappa shape index (κ1) is 16.1. The maximum absolute atomic E-state index is 12.8. The number of ether oxygens (including phenoxy) is 1. The summed E-state index contributed by atoms with van der Waals surface area (Å²) in [5.41, 5.74) is 6.78. The second kappa shape index (κ2) is 7.21. The second-order valence-corrected chi connectivity index (χ2v) is 7.32. The predicted molar refractivity (Wildman–Crippen MR) is 90.2 cm³/mol. The van der Waals surface area contributed by atoms with Gasteiger partial charge in [0.05, 0.1) is 12.1 Å². The van der Waals surface area contributed by atoms with E-state index in [2.05, 4.69) is 0 Å². The number of benzene rings is 1. The smallest absolute Gasteiger partial charge is 0.252 e. The summed E-state index contributed by atoms with van der Waals surface area (Å²) in [5.74, 6) is 2.00. The zero-order valence-corrected chi connectivity index (χ0v) is 14.0.